The molecule has 3 N–H and O–H groups in total. The number of hydrogen-bond acceptors (Lipinski definition) is 4. The van der Waals surface area contributed by atoms with Gasteiger partial charge in [0.25, 0.3) is 0 Å². The number of rotatable bonds is 3. The van der Waals surface area contributed by atoms with Gasteiger partial charge in [-0.1, -0.05) is 18.2 Å². The highest BCUT2D eigenvalue weighted by molar-refractivity contribution is 5.40. The average Bonchev–Trinajstić information content (AvgIpc) is 2.49. The first-order valence-corrected chi connectivity index (χ1v) is 6.88. The second-order valence-electron chi connectivity index (χ2n) is 5.09. The van der Waals surface area contributed by atoms with Crippen molar-refractivity contribution in [3.63, 3.8) is 0 Å². The maximum atomic E-state index is 5.80. The summed E-state index contributed by atoms with van der Waals surface area (Å²) in [6.07, 6.45) is 4.97. The fourth-order valence-corrected chi connectivity index (χ4v) is 3.01. The molecule has 2 atom stereocenters. The van der Waals surface area contributed by atoms with E-state index < -0.39 is 0 Å². The molecule has 3 rings (SSSR count). The number of para-hydroxylation sites is 1. The van der Waals surface area contributed by atoms with Crippen LogP contribution in [0.1, 0.15) is 30.7 Å². The first-order valence-electron chi connectivity index (χ1n) is 6.88. The predicted octanol–water partition coefficient (Wildman–Crippen LogP) is 2.08. The summed E-state index contributed by atoms with van der Waals surface area (Å²) in [6.45, 7) is 1.55. The quantitative estimate of drug-likeness (QED) is 0.645. The molecule has 0 aromatic heterocycles. The van der Waals surface area contributed by atoms with Gasteiger partial charge in [0.15, 0.2) is 0 Å². The first-order chi connectivity index (χ1) is 9.40. The minimum atomic E-state index is 0.130. The monoisotopic (exact) mass is 260 g/mol. The molecule has 2 aliphatic heterocycles. The molecule has 102 valence electrons. The summed E-state index contributed by atoms with van der Waals surface area (Å²) in [4.78, 5) is 0. The maximum absolute atomic E-state index is 5.80. The highest BCUT2D eigenvalue weighted by Crippen LogP contribution is 2.38. The third-order valence-electron chi connectivity index (χ3n) is 3.95. The van der Waals surface area contributed by atoms with E-state index in [1.54, 1.807) is 0 Å². The van der Waals surface area contributed by atoms with E-state index in [1.807, 2.05) is 18.4 Å². The molecule has 1 aromatic rings. The Kier molecular flexibility index (Phi) is 3.71. The largest absolute Gasteiger partial charge is 0.501 e. The van der Waals surface area contributed by atoms with Crippen LogP contribution < -0.4 is 16.0 Å². The Morgan fingerprint density at radius 1 is 1.26 bits per heavy atom. The van der Waals surface area contributed by atoms with Crippen molar-refractivity contribution < 1.29 is 9.47 Å². The summed E-state index contributed by atoms with van der Waals surface area (Å²) < 4.78 is 11.2. The molecule has 4 heteroatoms. The van der Waals surface area contributed by atoms with Crippen molar-refractivity contribution in [1.82, 2.24) is 5.43 Å². The summed E-state index contributed by atoms with van der Waals surface area (Å²) in [7, 11) is 0. The van der Waals surface area contributed by atoms with Crippen molar-refractivity contribution in [2.75, 3.05) is 13.2 Å². The molecule has 0 fully saturated rings. The van der Waals surface area contributed by atoms with E-state index in [1.165, 1.54) is 11.1 Å². The normalized spacial score (nSPS) is 23.6. The molecule has 0 radical (unpaired) electrons. The van der Waals surface area contributed by atoms with E-state index in [-0.39, 0.29) is 6.04 Å². The Bertz CT molecular complexity index is 473. The van der Waals surface area contributed by atoms with Crippen molar-refractivity contribution in [3.05, 3.63) is 41.7 Å². The molecular weight excluding hydrogens is 240 g/mol. The Hall–Kier alpha value is -1.52. The molecule has 2 aliphatic rings. The van der Waals surface area contributed by atoms with Gasteiger partial charge in [0.05, 0.1) is 25.5 Å². The van der Waals surface area contributed by atoms with E-state index in [9.17, 15) is 0 Å². The van der Waals surface area contributed by atoms with E-state index in [0.29, 0.717) is 5.92 Å². The fraction of sp³-hybridized carbons (Fsp3) is 0.467. The number of benzene rings is 1. The first kappa shape index (κ1) is 12.5. The predicted molar refractivity (Wildman–Crippen MR) is 73.7 cm³/mol. The molecule has 0 saturated carbocycles. The van der Waals surface area contributed by atoms with Gasteiger partial charge in [-0.15, -0.1) is 0 Å². The van der Waals surface area contributed by atoms with Crippen LogP contribution >= 0.6 is 0 Å². The maximum Gasteiger partial charge on any atom is 0.122 e. The minimum Gasteiger partial charge on any atom is -0.501 e. The van der Waals surface area contributed by atoms with Crippen LogP contribution in [0.4, 0.5) is 0 Å². The van der Waals surface area contributed by atoms with Crippen LogP contribution in [0.15, 0.2) is 36.1 Å². The van der Waals surface area contributed by atoms with Crippen molar-refractivity contribution in [2.45, 2.75) is 31.2 Å². The Morgan fingerprint density at radius 3 is 2.95 bits per heavy atom. The van der Waals surface area contributed by atoms with Crippen LogP contribution in [0, 0.1) is 0 Å². The van der Waals surface area contributed by atoms with Gasteiger partial charge in [-0.3, -0.25) is 11.3 Å². The van der Waals surface area contributed by atoms with Crippen LogP contribution in [0.5, 0.6) is 5.75 Å². The van der Waals surface area contributed by atoms with Crippen LogP contribution in [0.2, 0.25) is 0 Å². The molecule has 19 heavy (non-hydrogen) atoms. The second kappa shape index (κ2) is 5.63. The summed E-state index contributed by atoms with van der Waals surface area (Å²) in [5.74, 6) is 7.14. The van der Waals surface area contributed by atoms with Gasteiger partial charge in [0.1, 0.15) is 5.75 Å². The Balaban J connectivity index is 1.90. The molecule has 0 saturated heterocycles. The van der Waals surface area contributed by atoms with E-state index in [4.69, 9.17) is 15.3 Å². The molecule has 0 bridgehead atoms. The Morgan fingerprint density at radius 2 is 2.16 bits per heavy atom. The number of nitrogens with one attached hydrogen (secondary N) is 1. The SMILES string of the molecule is NNC(C1=COCCC1)C1CCOc2ccccc21. The molecule has 1 aromatic carbocycles. The zero-order chi connectivity index (χ0) is 13.1. The van der Waals surface area contributed by atoms with Gasteiger partial charge in [-0.2, -0.15) is 0 Å². The number of nitrogens with two attached hydrogens (primary N) is 1. The lowest BCUT2D eigenvalue weighted by Crippen LogP contribution is -2.43. The standard InChI is InChI=1S/C15H20N2O2/c16-17-15(11-4-3-8-18-10-11)13-7-9-19-14-6-2-1-5-12(13)14/h1-2,5-6,10,13,15,17H,3-4,7-9,16H2. The van der Waals surface area contributed by atoms with Crippen LogP contribution in [0.3, 0.4) is 0 Å². The smallest absolute Gasteiger partial charge is 0.122 e. The van der Waals surface area contributed by atoms with Crippen molar-refractivity contribution in [3.8, 4) is 5.75 Å². The highest BCUT2D eigenvalue weighted by atomic mass is 16.5. The van der Waals surface area contributed by atoms with E-state index in [2.05, 4.69) is 17.6 Å². The molecule has 4 nitrogen and oxygen atoms in total. The Labute approximate surface area is 113 Å². The van der Waals surface area contributed by atoms with Gasteiger partial charge >= 0.3 is 0 Å². The van der Waals surface area contributed by atoms with Gasteiger partial charge in [0.2, 0.25) is 0 Å². The topological polar surface area (TPSA) is 56.5 Å². The molecule has 0 aliphatic carbocycles. The van der Waals surface area contributed by atoms with Crippen molar-refractivity contribution in [2.24, 2.45) is 5.84 Å². The van der Waals surface area contributed by atoms with Gasteiger partial charge in [0, 0.05) is 5.92 Å². The summed E-state index contributed by atoms with van der Waals surface area (Å²) in [5, 5.41) is 0. The number of hydrogen-bond donors (Lipinski definition) is 2. The second-order valence-corrected chi connectivity index (χ2v) is 5.09. The summed E-state index contributed by atoms with van der Waals surface area (Å²) >= 11 is 0. The third kappa shape index (κ3) is 2.46. The van der Waals surface area contributed by atoms with Crippen molar-refractivity contribution in [1.29, 1.82) is 0 Å². The van der Waals surface area contributed by atoms with Gasteiger partial charge < -0.3 is 9.47 Å². The zero-order valence-corrected chi connectivity index (χ0v) is 11.0. The highest BCUT2D eigenvalue weighted by Gasteiger charge is 2.31. The molecule has 2 unspecified atom stereocenters. The fourth-order valence-electron chi connectivity index (χ4n) is 3.01. The van der Waals surface area contributed by atoms with Gasteiger partial charge in [-0.25, -0.2) is 0 Å². The molecule has 0 amide bonds. The molecule has 2 heterocycles. The lowest BCUT2D eigenvalue weighted by molar-refractivity contribution is 0.210. The number of hydrazine groups is 1. The average molecular weight is 260 g/mol. The summed E-state index contributed by atoms with van der Waals surface area (Å²) in [5.41, 5.74) is 5.48. The minimum absolute atomic E-state index is 0.130. The van der Waals surface area contributed by atoms with E-state index in [0.717, 1.165) is 38.2 Å². The molecular formula is C15H20N2O2. The van der Waals surface area contributed by atoms with Crippen molar-refractivity contribution >= 4 is 0 Å². The third-order valence-corrected chi connectivity index (χ3v) is 3.95. The number of ether oxygens (including phenoxy) is 2. The van der Waals surface area contributed by atoms with Crippen LogP contribution in [0.25, 0.3) is 0 Å². The van der Waals surface area contributed by atoms with Crippen LogP contribution in [-0.2, 0) is 4.74 Å². The van der Waals surface area contributed by atoms with Gasteiger partial charge in [-0.05, 0) is 36.5 Å². The molecule has 0 spiro atoms. The lowest BCUT2D eigenvalue weighted by Gasteiger charge is -2.34. The lowest BCUT2D eigenvalue weighted by atomic mass is 9.82. The number of fused-ring (bicyclic) bond motifs is 1. The summed E-state index contributed by atoms with van der Waals surface area (Å²) in [6, 6.07) is 8.36. The zero-order valence-electron chi connectivity index (χ0n) is 11.0. The van der Waals surface area contributed by atoms with Crippen LogP contribution in [-0.4, -0.2) is 19.3 Å². The van der Waals surface area contributed by atoms with E-state index >= 15 is 0 Å².